The molecule has 9 heteroatoms. The van der Waals surface area contributed by atoms with Crippen molar-refractivity contribution in [3.63, 3.8) is 0 Å². The minimum atomic E-state index is -0.466. The SMILES string of the molecule is O=C(Nc1nnc(-c2cccc(Cl)c2)o1)c1ccc(N2C(=O)CCC2=O)cc1. The second-order valence-corrected chi connectivity index (χ2v) is 6.48. The number of aromatic nitrogens is 2. The van der Waals surface area contributed by atoms with Crippen molar-refractivity contribution in [2.45, 2.75) is 12.8 Å². The standard InChI is InChI=1S/C19H13ClN4O4/c20-13-3-1-2-12(10-13)18-22-23-19(28-18)21-17(27)11-4-6-14(7-5-11)24-15(25)8-9-16(24)26/h1-7,10H,8-9H2,(H,21,23,27). The van der Waals surface area contributed by atoms with Gasteiger partial charge in [-0.3, -0.25) is 24.6 Å². The van der Waals surface area contributed by atoms with Crippen molar-refractivity contribution in [2.75, 3.05) is 10.2 Å². The smallest absolute Gasteiger partial charge is 0.322 e. The second kappa shape index (κ2) is 7.24. The number of hydrogen-bond donors (Lipinski definition) is 1. The van der Waals surface area contributed by atoms with Gasteiger partial charge in [0.05, 0.1) is 5.69 Å². The molecular weight excluding hydrogens is 384 g/mol. The molecule has 2 heterocycles. The maximum Gasteiger partial charge on any atom is 0.322 e. The highest BCUT2D eigenvalue weighted by Gasteiger charge is 2.30. The van der Waals surface area contributed by atoms with E-state index in [1.807, 2.05) is 0 Å². The number of halogens is 1. The highest BCUT2D eigenvalue weighted by molar-refractivity contribution is 6.30. The number of amides is 3. The first-order valence-corrected chi connectivity index (χ1v) is 8.76. The lowest BCUT2D eigenvalue weighted by Gasteiger charge is -2.13. The fourth-order valence-corrected chi connectivity index (χ4v) is 3.00. The molecule has 1 N–H and O–H groups in total. The van der Waals surface area contributed by atoms with E-state index in [9.17, 15) is 14.4 Å². The predicted octanol–water partition coefficient (Wildman–Crippen LogP) is 3.30. The number of hydrogen-bond acceptors (Lipinski definition) is 6. The Labute approximate surface area is 164 Å². The third-order valence-electron chi connectivity index (χ3n) is 4.16. The van der Waals surface area contributed by atoms with Crippen molar-refractivity contribution in [2.24, 2.45) is 0 Å². The summed E-state index contributed by atoms with van der Waals surface area (Å²) >= 11 is 5.94. The van der Waals surface area contributed by atoms with Gasteiger partial charge in [0.1, 0.15) is 0 Å². The number of benzene rings is 2. The second-order valence-electron chi connectivity index (χ2n) is 6.05. The van der Waals surface area contributed by atoms with Gasteiger partial charge in [0.25, 0.3) is 5.91 Å². The van der Waals surface area contributed by atoms with E-state index < -0.39 is 5.91 Å². The van der Waals surface area contributed by atoms with Crippen molar-refractivity contribution >= 4 is 41.0 Å². The minimum Gasteiger partial charge on any atom is -0.403 e. The van der Waals surface area contributed by atoms with E-state index >= 15 is 0 Å². The molecule has 140 valence electrons. The van der Waals surface area contributed by atoms with Crippen molar-refractivity contribution in [1.29, 1.82) is 0 Å². The van der Waals surface area contributed by atoms with Crippen molar-refractivity contribution < 1.29 is 18.8 Å². The molecule has 0 radical (unpaired) electrons. The first kappa shape index (κ1) is 17.9. The predicted molar refractivity (Wildman–Crippen MR) is 101 cm³/mol. The normalized spacial score (nSPS) is 13.8. The summed E-state index contributed by atoms with van der Waals surface area (Å²) in [5.41, 5.74) is 1.38. The fourth-order valence-electron chi connectivity index (χ4n) is 2.81. The van der Waals surface area contributed by atoms with E-state index in [4.69, 9.17) is 16.0 Å². The summed E-state index contributed by atoms with van der Waals surface area (Å²) in [4.78, 5) is 37.0. The van der Waals surface area contributed by atoms with E-state index in [0.717, 1.165) is 4.90 Å². The Hall–Kier alpha value is -3.52. The summed E-state index contributed by atoms with van der Waals surface area (Å²) in [6.45, 7) is 0. The van der Waals surface area contributed by atoms with E-state index in [0.29, 0.717) is 21.8 Å². The van der Waals surface area contributed by atoms with Crippen LogP contribution in [0, 0.1) is 0 Å². The van der Waals surface area contributed by atoms with Gasteiger partial charge in [-0.2, -0.15) is 0 Å². The van der Waals surface area contributed by atoms with Crippen molar-refractivity contribution in [1.82, 2.24) is 10.2 Å². The van der Waals surface area contributed by atoms with E-state index in [2.05, 4.69) is 15.5 Å². The van der Waals surface area contributed by atoms with E-state index in [1.165, 1.54) is 12.1 Å². The molecule has 3 amide bonds. The molecule has 1 aliphatic heterocycles. The lowest BCUT2D eigenvalue weighted by molar-refractivity contribution is -0.121. The number of nitrogens with zero attached hydrogens (tertiary/aromatic N) is 3. The average Bonchev–Trinajstić information content (AvgIpc) is 3.28. The van der Waals surface area contributed by atoms with Gasteiger partial charge in [0.15, 0.2) is 0 Å². The Balaban J connectivity index is 1.47. The third-order valence-corrected chi connectivity index (χ3v) is 4.39. The quantitative estimate of drug-likeness (QED) is 0.678. The Kier molecular flexibility index (Phi) is 4.62. The molecule has 0 saturated carbocycles. The maximum absolute atomic E-state index is 12.4. The Morgan fingerprint density at radius 3 is 2.43 bits per heavy atom. The first-order valence-electron chi connectivity index (χ1n) is 8.38. The van der Waals surface area contributed by atoms with Gasteiger partial charge in [-0.15, -0.1) is 5.10 Å². The molecule has 1 saturated heterocycles. The van der Waals surface area contributed by atoms with Gasteiger partial charge >= 0.3 is 6.01 Å². The molecule has 1 aromatic heterocycles. The van der Waals surface area contributed by atoms with Crippen LogP contribution in [0.2, 0.25) is 5.02 Å². The number of anilines is 2. The molecule has 1 aliphatic rings. The lowest BCUT2D eigenvalue weighted by atomic mass is 10.2. The van der Waals surface area contributed by atoms with Crippen LogP contribution in [0.4, 0.5) is 11.7 Å². The van der Waals surface area contributed by atoms with Gasteiger partial charge in [0, 0.05) is 29.0 Å². The maximum atomic E-state index is 12.4. The van der Waals surface area contributed by atoms with Crippen LogP contribution >= 0.6 is 11.6 Å². The molecule has 3 aromatic rings. The fraction of sp³-hybridized carbons (Fsp3) is 0.105. The molecule has 1 fully saturated rings. The van der Waals surface area contributed by atoms with Crippen LogP contribution in [0.3, 0.4) is 0 Å². The molecule has 28 heavy (non-hydrogen) atoms. The molecule has 0 spiro atoms. The van der Waals surface area contributed by atoms with Gasteiger partial charge in [0.2, 0.25) is 17.7 Å². The van der Waals surface area contributed by atoms with Crippen LogP contribution in [-0.4, -0.2) is 27.9 Å². The van der Waals surface area contributed by atoms with Crippen LogP contribution in [0.15, 0.2) is 52.9 Å². The molecule has 0 aliphatic carbocycles. The average molecular weight is 397 g/mol. The van der Waals surface area contributed by atoms with Gasteiger partial charge in [-0.25, -0.2) is 0 Å². The summed E-state index contributed by atoms with van der Waals surface area (Å²) in [5.74, 6) is -0.741. The molecule has 2 aromatic carbocycles. The Bertz CT molecular complexity index is 1060. The zero-order valence-corrected chi connectivity index (χ0v) is 15.1. The number of carbonyl (C=O) groups is 3. The van der Waals surface area contributed by atoms with Crippen LogP contribution in [0.5, 0.6) is 0 Å². The number of rotatable bonds is 4. The Morgan fingerprint density at radius 2 is 1.75 bits per heavy atom. The van der Waals surface area contributed by atoms with Crippen molar-refractivity contribution in [3.8, 4) is 11.5 Å². The third kappa shape index (κ3) is 3.49. The largest absolute Gasteiger partial charge is 0.403 e. The van der Waals surface area contributed by atoms with Crippen molar-refractivity contribution in [3.05, 3.63) is 59.1 Å². The highest BCUT2D eigenvalue weighted by Crippen LogP contribution is 2.24. The van der Waals surface area contributed by atoms with Crippen LogP contribution in [-0.2, 0) is 9.59 Å². The molecule has 0 atom stereocenters. The number of nitrogens with one attached hydrogen (secondary N) is 1. The number of imide groups is 1. The summed E-state index contributed by atoms with van der Waals surface area (Å²) in [6, 6.07) is 12.9. The van der Waals surface area contributed by atoms with Crippen LogP contribution in [0.25, 0.3) is 11.5 Å². The summed E-state index contributed by atoms with van der Waals surface area (Å²) in [6.07, 6.45) is 0.403. The molecule has 4 rings (SSSR count). The van der Waals surface area contributed by atoms with Gasteiger partial charge in [-0.05, 0) is 42.5 Å². The highest BCUT2D eigenvalue weighted by atomic mass is 35.5. The lowest BCUT2D eigenvalue weighted by Crippen LogP contribution is -2.28. The van der Waals surface area contributed by atoms with Crippen LogP contribution in [0.1, 0.15) is 23.2 Å². The summed E-state index contributed by atoms with van der Waals surface area (Å²) in [5, 5.41) is 10.7. The van der Waals surface area contributed by atoms with E-state index in [-0.39, 0.29) is 36.6 Å². The molecular formula is C19H13ClN4O4. The zero-order valence-electron chi connectivity index (χ0n) is 14.4. The topological polar surface area (TPSA) is 105 Å². The van der Waals surface area contributed by atoms with Gasteiger partial charge in [-0.1, -0.05) is 22.8 Å². The first-order chi connectivity index (χ1) is 13.5. The number of carbonyl (C=O) groups excluding carboxylic acids is 3. The molecule has 0 bridgehead atoms. The molecule has 0 unspecified atom stereocenters. The minimum absolute atomic E-state index is 0.0612. The molecule has 8 nitrogen and oxygen atoms in total. The summed E-state index contributed by atoms with van der Waals surface area (Å²) in [7, 11) is 0. The monoisotopic (exact) mass is 396 g/mol. The van der Waals surface area contributed by atoms with E-state index in [1.54, 1.807) is 36.4 Å². The summed E-state index contributed by atoms with van der Waals surface area (Å²) < 4.78 is 5.44. The van der Waals surface area contributed by atoms with Gasteiger partial charge < -0.3 is 4.42 Å². The zero-order chi connectivity index (χ0) is 19.7. The Morgan fingerprint density at radius 1 is 1.04 bits per heavy atom. The van der Waals surface area contributed by atoms with Crippen LogP contribution < -0.4 is 10.2 Å².